The molecule has 3 heterocycles. The van der Waals surface area contributed by atoms with Gasteiger partial charge in [-0.25, -0.2) is 22.8 Å². The minimum atomic E-state index is -4.01. The van der Waals surface area contributed by atoms with Crippen LogP contribution in [0.15, 0.2) is 59.8 Å². The molecular formula is C24H24FN5O4S. The summed E-state index contributed by atoms with van der Waals surface area (Å²) < 4.78 is 46.9. The van der Waals surface area contributed by atoms with Crippen LogP contribution >= 0.6 is 0 Å². The number of benzene rings is 2. The number of hydrogen-bond donors (Lipinski definition) is 1. The second kappa shape index (κ2) is 9.59. The van der Waals surface area contributed by atoms with Gasteiger partial charge in [0.25, 0.3) is 15.9 Å². The van der Waals surface area contributed by atoms with E-state index in [9.17, 15) is 17.6 Å². The molecular weight excluding hydrogens is 473 g/mol. The molecule has 0 spiro atoms. The average molecular weight is 498 g/mol. The first-order valence-electron chi connectivity index (χ1n) is 11.2. The summed E-state index contributed by atoms with van der Waals surface area (Å²) in [5.74, 6) is -0.0312. The van der Waals surface area contributed by atoms with Crippen molar-refractivity contribution in [2.75, 3.05) is 42.5 Å². The topological polar surface area (TPSA) is 105 Å². The quantitative estimate of drug-likeness (QED) is 0.577. The van der Waals surface area contributed by atoms with E-state index in [0.29, 0.717) is 45.8 Å². The average Bonchev–Trinajstić information content (AvgIpc) is 2.88. The first-order chi connectivity index (χ1) is 16.9. The number of halogens is 1. The molecule has 1 N–H and O–H groups in total. The lowest BCUT2D eigenvalue weighted by Gasteiger charge is -2.34. The summed E-state index contributed by atoms with van der Waals surface area (Å²) in [5, 5.41) is 0. The lowest BCUT2D eigenvalue weighted by molar-refractivity contribution is 0.0734. The predicted octanol–water partition coefficient (Wildman–Crippen LogP) is 2.45. The molecule has 1 aromatic heterocycles. The van der Waals surface area contributed by atoms with Gasteiger partial charge >= 0.3 is 0 Å². The Morgan fingerprint density at radius 3 is 2.51 bits per heavy atom. The van der Waals surface area contributed by atoms with Crippen LogP contribution in [0, 0.1) is 5.82 Å². The molecule has 5 rings (SSSR count). The van der Waals surface area contributed by atoms with Gasteiger partial charge in [0, 0.05) is 31.6 Å². The molecule has 11 heteroatoms. The Balaban J connectivity index is 1.40. The minimum absolute atomic E-state index is 0.0969. The largest absolute Gasteiger partial charge is 0.378 e. The van der Waals surface area contributed by atoms with E-state index in [2.05, 4.69) is 19.6 Å². The Bertz CT molecular complexity index is 1340. The SMILES string of the molecule is O=C(c1ccccc1NS(=O)(=O)c1ccc(F)cc1)N1CCc2ncnc(N3CCOCC3)c2C1. The highest BCUT2D eigenvalue weighted by molar-refractivity contribution is 7.92. The van der Waals surface area contributed by atoms with Gasteiger partial charge in [0.15, 0.2) is 0 Å². The highest BCUT2D eigenvalue weighted by Crippen LogP contribution is 2.29. The van der Waals surface area contributed by atoms with Crippen molar-refractivity contribution in [2.45, 2.75) is 17.9 Å². The molecule has 0 unspecified atom stereocenters. The smallest absolute Gasteiger partial charge is 0.261 e. The molecule has 2 aromatic carbocycles. The summed E-state index contributed by atoms with van der Waals surface area (Å²) in [6.45, 7) is 3.42. The van der Waals surface area contributed by atoms with Crippen molar-refractivity contribution >= 4 is 27.4 Å². The monoisotopic (exact) mass is 497 g/mol. The zero-order chi connectivity index (χ0) is 24.4. The standard InChI is InChI=1S/C24H24FN5O4S/c25-17-5-7-18(8-6-17)35(32,33)28-22-4-2-1-3-19(22)24(31)30-10-9-21-20(15-30)23(27-16-26-21)29-11-13-34-14-12-29/h1-8,16,28H,9-15H2. The number of nitrogens with one attached hydrogen (secondary N) is 1. The van der Waals surface area contributed by atoms with Gasteiger partial charge < -0.3 is 14.5 Å². The first-order valence-corrected chi connectivity index (χ1v) is 12.7. The third-order valence-electron chi connectivity index (χ3n) is 6.10. The van der Waals surface area contributed by atoms with Crippen LogP contribution in [0.5, 0.6) is 0 Å². The zero-order valence-electron chi connectivity index (χ0n) is 18.9. The molecule has 0 atom stereocenters. The molecule has 0 bridgehead atoms. The molecule has 0 aliphatic carbocycles. The van der Waals surface area contributed by atoms with Gasteiger partial charge in [0.2, 0.25) is 0 Å². The first kappa shape index (κ1) is 23.2. The van der Waals surface area contributed by atoms with Crippen LogP contribution in [0.25, 0.3) is 0 Å². The molecule has 35 heavy (non-hydrogen) atoms. The lowest BCUT2D eigenvalue weighted by Crippen LogP contribution is -2.41. The normalized spacial score (nSPS) is 16.0. The third kappa shape index (κ3) is 4.82. The fraction of sp³-hybridized carbons (Fsp3) is 0.292. The van der Waals surface area contributed by atoms with E-state index in [-0.39, 0.29) is 22.1 Å². The summed E-state index contributed by atoms with van der Waals surface area (Å²) in [7, 11) is -4.01. The molecule has 3 aromatic rings. The van der Waals surface area contributed by atoms with Gasteiger partial charge in [0.05, 0.1) is 41.6 Å². The maximum absolute atomic E-state index is 13.6. The lowest BCUT2D eigenvalue weighted by atomic mass is 10.0. The Morgan fingerprint density at radius 2 is 1.74 bits per heavy atom. The van der Waals surface area contributed by atoms with Crippen LogP contribution in [0.3, 0.4) is 0 Å². The van der Waals surface area contributed by atoms with E-state index in [4.69, 9.17) is 4.74 Å². The van der Waals surface area contributed by atoms with E-state index >= 15 is 0 Å². The number of nitrogens with zero attached hydrogens (tertiary/aromatic N) is 4. The number of hydrogen-bond acceptors (Lipinski definition) is 7. The molecule has 1 fully saturated rings. The molecule has 2 aliphatic rings. The number of fused-ring (bicyclic) bond motifs is 1. The Hall–Kier alpha value is -3.57. The van der Waals surface area contributed by atoms with Crippen LogP contribution in [-0.2, 0) is 27.7 Å². The van der Waals surface area contributed by atoms with Crippen LogP contribution in [0.4, 0.5) is 15.9 Å². The van der Waals surface area contributed by atoms with Gasteiger partial charge in [-0.15, -0.1) is 0 Å². The summed E-state index contributed by atoms with van der Waals surface area (Å²) in [5.41, 5.74) is 2.20. The molecule has 0 radical (unpaired) electrons. The summed E-state index contributed by atoms with van der Waals surface area (Å²) in [6, 6.07) is 11.0. The van der Waals surface area contributed by atoms with Crippen LogP contribution in [0.2, 0.25) is 0 Å². The molecule has 1 amide bonds. The van der Waals surface area contributed by atoms with E-state index in [1.165, 1.54) is 18.2 Å². The molecule has 2 aliphatic heterocycles. The number of para-hydroxylation sites is 1. The Morgan fingerprint density at radius 1 is 1.00 bits per heavy atom. The number of carbonyl (C=O) groups excluding carboxylic acids is 1. The van der Waals surface area contributed by atoms with E-state index in [0.717, 1.165) is 29.2 Å². The van der Waals surface area contributed by atoms with Crippen LogP contribution in [-0.4, -0.2) is 62.0 Å². The van der Waals surface area contributed by atoms with Crippen molar-refractivity contribution in [1.29, 1.82) is 0 Å². The highest BCUT2D eigenvalue weighted by atomic mass is 32.2. The number of amides is 1. The zero-order valence-corrected chi connectivity index (χ0v) is 19.7. The van der Waals surface area contributed by atoms with Crippen molar-refractivity contribution in [3.05, 3.63) is 77.5 Å². The van der Waals surface area contributed by atoms with Crippen LogP contribution in [0.1, 0.15) is 21.6 Å². The van der Waals surface area contributed by atoms with Crippen molar-refractivity contribution in [2.24, 2.45) is 0 Å². The maximum atomic E-state index is 13.6. The van der Waals surface area contributed by atoms with Crippen LogP contribution < -0.4 is 9.62 Å². The molecule has 1 saturated heterocycles. The Kier molecular flexibility index (Phi) is 6.35. The molecule has 9 nitrogen and oxygen atoms in total. The number of anilines is 2. The fourth-order valence-corrected chi connectivity index (χ4v) is 5.37. The van der Waals surface area contributed by atoms with Gasteiger partial charge in [-0.1, -0.05) is 12.1 Å². The van der Waals surface area contributed by atoms with E-state index in [1.54, 1.807) is 29.4 Å². The van der Waals surface area contributed by atoms with E-state index < -0.39 is 15.8 Å². The summed E-state index contributed by atoms with van der Waals surface area (Å²) in [6.07, 6.45) is 2.13. The van der Waals surface area contributed by atoms with Gasteiger partial charge in [-0.05, 0) is 36.4 Å². The van der Waals surface area contributed by atoms with Crippen molar-refractivity contribution < 1.29 is 22.3 Å². The number of sulfonamides is 1. The number of rotatable bonds is 5. The number of aromatic nitrogens is 2. The van der Waals surface area contributed by atoms with Gasteiger partial charge in [-0.3, -0.25) is 9.52 Å². The minimum Gasteiger partial charge on any atom is -0.378 e. The predicted molar refractivity (Wildman–Crippen MR) is 127 cm³/mol. The number of morpholine rings is 1. The summed E-state index contributed by atoms with van der Waals surface area (Å²) >= 11 is 0. The van der Waals surface area contributed by atoms with Crippen molar-refractivity contribution in [3.63, 3.8) is 0 Å². The maximum Gasteiger partial charge on any atom is 0.261 e. The second-order valence-corrected chi connectivity index (χ2v) is 9.99. The number of ether oxygens (including phenoxy) is 1. The number of carbonyl (C=O) groups is 1. The molecule has 182 valence electrons. The van der Waals surface area contributed by atoms with Crippen molar-refractivity contribution in [1.82, 2.24) is 14.9 Å². The van der Waals surface area contributed by atoms with Gasteiger partial charge in [-0.2, -0.15) is 0 Å². The third-order valence-corrected chi connectivity index (χ3v) is 7.48. The second-order valence-electron chi connectivity index (χ2n) is 8.30. The van der Waals surface area contributed by atoms with Crippen molar-refractivity contribution in [3.8, 4) is 0 Å². The van der Waals surface area contributed by atoms with E-state index in [1.807, 2.05) is 0 Å². The molecule has 0 saturated carbocycles. The highest BCUT2D eigenvalue weighted by Gasteiger charge is 2.29. The Labute approximate surface area is 202 Å². The fourth-order valence-electron chi connectivity index (χ4n) is 4.29. The summed E-state index contributed by atoms with van der Waals surface area (Å²) in [4.78, 5) is 26.2. The van der Waals surface area contributed by atoms with Gasteiger partial charge in [0.1, 0.15) is 18.0 Å².